The minimum absolute atomic E-state index is 0.0575. The lowest BCUT2D eigenvalue weighted by Crippen LogP contribution is -2.28. The molecule has 7 heteroatoms. The SMILES string of the molecule is CC(C)(C)SCCNC(=O)c1ccc([C@@H]2SCC(=O)N2Cc2ccco2)cc1. The summed E-state index contributed by atoms with van der Waals surface area (Å²) in [5.74, 6) is 2.15. The first kappa shape index (κ1) is 20.9. The van der Waals surface area contributed by atoms with Gasteiger partial charge in [0.25, 0.3) is 5.91 Å². The van der Waals surface area contributed by atoms with Crippen LogP contribution >= 0.6 is 23.5 Å². The standard InChI is InChI=1S/C21H26N2O3S2/c1-21(2,3)28-12-10-22-19(25)15-6-8-16(9-7-15)20-23(18(24)14-27-20)13-17-5-4-11-26-17/h4-9,11,20H,10,12-14H2,1-3H3,(H,22,25)/t20-/m0/s1. The van der Waals surface area contributed by atoms with Crippen molar-refractivity contribution >= 4 is 35.3 Å². The average Bonchev–Trinajstić information content (AvgIpc) is 3.29. The fourth-order valence-corrected chi connectivity index (χ4v) is 4.90. The van der Waals surface area contributed by atoms with Gasteiger partial charge in [0.05, 0.1) is 18.6 Å². The third-order valence-corrected chi connectivity index (χ3v) is 6.79. The highest BCUT2D eigenvalue weighted by Crippen LogP contribution is 2.39. The number of carbonyl (C=O) groups excluding carboxylic acids is 2. The van der Waals surface area contributed by atoms with Crippen LogP contribution in [0.15, 0.2) is 47.1 Å². The van der Waals surface area contributed by atoms with Crippen molar-refractivity contribution in [3.05, 3.63) is 59.5 Å². The number of hydrogen-bond donors (Lipinski definition) is 1. The molecule has 2 heterocycles. The van der Waals surface area contributed by atoms with Crippen molar-refractivity contribution in [2.24, 2.45) is 0 Å². The Morgan fingerprint density at radius 1 is 1.29 bits per heavy atom. The summed E-state index contributed by atoms with van der Waals surface area (Å²) in [6.07, 6.45) is 1.62. The Kier molecular flexibility index (Phi) is 6.78. The molecule has 1 fully saturated rings. The predicted octanol–water partition coefficient (Wildman–Crippen LogP) is 4.32. The Morgan fingerprint density at radius 2 is 2.04 bits per heavy atom. The molecule has 0 bridgehead atoms. The Bertz CT molecular complexity index is 798. The highest BCUT2D eigenvalue weighted by Gasteiger charge is 2.33. The topological polar surface area (TPSA) is 62.6 Å². The van der Waals surface area contributed by atoms with E-state index < -0.39 is 0 Å². The van der Waals surface area contributed by atoms with E-state index >= 15 is 0 Å². The summed E-state index contributed by atoms with van der Waals surface area (Å²) in [7, 11) is 0. The Hall–Kier alpha value is -1.86. The van der Waals surface area contributed by atoms with Crippen molar-refractivity contribution in [1.82, 2.24) is 10.2 Å². The zero-order valence-electron chi connectivity index (χ0n) is 16.4. The molecule has 150 valence electrons. The Balaban J connectivity index is 1.58. The summed E-state index contributed by atoms with van der Waals surface area (Å²) in [5, 5.41) is 2.91. The quantitative estimate of drug-likeness (QED) is 0.679. The van der Waals surface area contributed by atoms with Crippen molar-refractivity contribution in [3.63, 3.8) is 0 Å². The predicted molar refractivity (Wildman–Crippen MR) is 115 cm³/mol. The maximum Gasteiger partial charge on any atom is 0.251 e. The van der Waals surface area contributed by atoms with Crippen LogP contribution in [-0.2, 0) is 11.3 Å². The van der Waals surface area contributed by atoms with Crippen molar-refractivity contribution in [3.8, 4) is 0 Å². The van der Waals surface area contributed by atoms with Crippen LogP contribution in [-0.4, -0.2) is 39.5 Å². The fourth-order valence-electron chi connectivity index (χ4n) is 2.89. The van der Waals surface area contributed by atoms with E-state index in [2.05, 4.69) is 26.1 Å². The number of nitrogens with zero attached hydrogens (tertiary/aromatic N) is 1. The van der Waals surface area contributed by atoms with Gasteiger partial charge >= 0.3 is 0 Å². The van der Waals surface area contributed by atoms with E-state index in [1.807, 2.05) is 53.1 Å². The van der Waals surface area contributed by atoms with Crippen molar-refractivity contribution in [1.29, 1.82) is 0 Å². The van der Waals surface area contributed by atoms with Crippen LogP contribution in [0, 0.1) is 0 Å². The molecule has 2 amide bonds. The molecule has 0 unspecified atom stereocenters. The average molecular weight is 419 g/mol. The van der Waals surface area contributed by atoms with Gasteiger partial charge in [-0.3, -0.25) is 9.59 Å². The molecule has 1 atom stereocenters. The van der Waals surface area contributed by atoms with Crippen LogP contribution in [0.1, 0.15) is 47.8 Å². The first-order valence-corrected chi connectivity index (χ1v) is 11.3. The molecular weight excluding hydrogens is 392 g/mol. The van der Waals surface area contributed by atoms with Crippen molar-refractivity contribution in [2.75, 3.05) is 18.1 Å². The van der Waals surface area contributed by atoms with Gasteiger partial charge < -0.3 is 14.6 Å². The molecule has 3 rings (SSSR count). The molecule has 0 aliphatic carbocycles. The Morgan fingerprint density at radius 3 is 2.68 bits per heavy atom. The van der Waals surface area contributed by atoms with Gasteiger partial charge in [0.2, 0.25) is 5.91 Å². The monoisotopic (exact) mass is 418 g/mol. The van der Waals surface area contributed by atoms with Crippen LogP contribution in [0.3, 0.4) is 0 Å². The van der Waals surface area contributed by atoms with Crippen LogP contribution in [0.25, 0.3) is 0 Å². The Labute approximate surface area is 174 Å². The largest absolute Gasteiger partial charge is 0.467 e. The first-order chi connectivity index (χ1) is 13.3. The molecule has 1 aliphatic heterocycles. The summed E-state index contributed by atoms with van der Waals surface area (Å²) < 4.78 is 5.59. The molecule has 5 nitrogen and oxygen atoms in total. The summed E-state index contributed by atoms with van der Waals surface area (Å²) in [6.45, 7) is 7.60. The van der Waals surface area contributed by atoms with Gasteiger partial charge in [-0.1, -0.05) is 32.9 Å². The number of amides is 2. The third-order valence-electron chi connectivity index (χ3n) is 4.26. The van der Waals surface area contributed by atoms with Crippen LogP contribution in [0.2, 0.25) is 0 Å². The lowest BCUT2D eigenvalue weighted by molar-refractivity contribution is -0.128. The number of carbonyl (C=O) groups is 2. The van der Waals surface area contributed by atoms with Gasteiger partial charge in [-0.15, -0.1) is 11.8 Å². The molecular formula is C21H26N2O3S2. The lowest BCUT2D eigenvalue weighted by atomic mass is 10.1. The summed E-state index contributed by atoms with van der Waals surface area (Å²) in [6, 6.07) is 11.2. The fraction of sp³-hybridized carbons (Fsp3) is 0.429. The highest BCUT2D eigenvalue weighted by atomic mass is 32.2. The highest BCUT2D eigenvalue weighted by molar-refractivity contribution is 8.00. The van der Waals surface area contributed by atoms with E-state index in [4.69, 9.17) is 4.42 Å². The second-order valence-electron chi connectivity index (χ2n) is 7.60. The van der Waals surface area contributed by atoms with E-state index in [-0.39, 0.29) is 21.9 Å². The smallest absolute Gasteiger partial charge is 0.251 e. The second kappa shape index (κ2) is 9.09. The molecule has 1 aromatic carbocycles. The third kappa shape index (κ3) is 5.58. The van der Waals surface area contributed by atoms with E-state index in [9.17, 15) is 9.59 Å². The van der Waals surface area contributed by atoms with E-state index in [0.29, 0.717) is 24.4 Å². The van der Waals surface area contributed by atoms with Gasteiger partial charge in [0, 0.05) is 22.6 Å². The van der Waals surface area contributed by atoms with Gasteiger partial charge in [-0.05, 0) is 29.8 Å². The molecule has 28 heavy (non-hydrogen) atoms. The minimum atomic E-state index is -0.0661. The molecule has 0 saturated carbocycles. The number of benzene rings is 1. The van der Waals surface area contributed by atoms with Crippen LogP contribution in [0.5, 0.6) is 0 Å². The molecule has 0 spiro atoms. The molecule has 1 aliphatic rings. The summed E-state index contributed by atoms with van der Waals surface area (Å²) >= 11 is 3.43. The van der Waals surface area contributed by atoms with E-state index in [1.165, 1.54) is 0 Å². The molecule has 1 aromatic heterocycles. The van der Waals surface area contributed by atoms with Crippen LogP contribution < -0.4 is 5.32 Å². The number of hydrogen-bond acceptors (Lipinski definition) is 5. The number of furan rings is 1. The van der Waals surface area contributed by atoms with Crippen molar-refractivity contribution < 1.29 is 14.0 Å². The molecule has 1 N–H and O–H groups in total. The second-order valence-corrected chi connectivity index (χ2v) is 10.6. The number of rotatable bonds is 7. The van der Waals surface area contributed by atoms with Gasteiger partial charge in [-0.2, -0.15) is 11.8 Å². The number of thioether (sulfide) groups is 2. The van der Waals surface area contributed by atoms with Gasteiger partial charge in [-0.25, -0.2) is 0 Å². The van der Waals surface area contributed by atoms with E-state index in [0.717, 1.165) is 17.1 Å². The molecule has 2 aromatic rings. The molecule has 1 saturated heterocycles. The van der Waals surface area contributed by atoms with E-state index in [1.54, 1.807) is 18.0 Å². The minimum Gasteiger partial charge on any atom is -0.467 e. The zero-order chi connectivity index (χ0) is 20.1. The van der Waals surface area contributed by atoms with Crippen LogP contribution in [0.4, 0.5) is 0 Å². The normalized spacial score (nSPS) is 17.2. The maximum absolute atomic E-state index is 12.3. The summed E-state index contributed by atoms with van der Waals surface area (Å²) in [4.78, 5) is 26.4. The molecule has 0 radical (unpaired) electrons. The zero-order valence-corrected chi connectivity index (χ0v) is 18.1. The van der Waals surface area contributed by atoms with Gasteiger partial charge in [0.15, 0.2) is 0 Å². The summed E-state index contributed by atoms with van der Waals surface area (Å²) in [5.41, 5.74) is 1.65. The maximum atomic E-state index is 12.3. The lowest BCUT2D eigenvalue weighted by Gasteiger charge is -2.23. The van der Waals surface area contributed by atoms with Crippen molar-refractivity contribution in [2.45, 2.75) is 37.4 Å². The first-order valence-electron chi connectivity index (χ1n) is 9.29. The number of nitrogens with one attached hydrogen (secondary N) is 1. The van der Waals surface area contributed by atoms with Gasteiger partial charge in [0.1, 0.15) is 11.1 Å².